The van der Waals surface area contributed by atoms with Crippen molar-refractivity contribution < 1.29 is 0 Å². The van der Waals surface area contributed by atoms with Crippen molar-refractivity contribution in [3.8, 4) is 6.57 Å². The van der Waals surface area contributed by atoms with Gasteiger partial charge >= 0.3 is 0 Å². The number of halogens is 1. The van der Waals surface area contributed by atoms with Crippen LogP contribution < -0.4 is 0 Å². The number of pyridine rings is 1. The largest absolute Gasteiger partial charge is 0.263 e. The normalized spacial score (nSPS) is 7.00. The third kappa shape index (κ3) is 3.51. The summed E-state index contributed by atoms with van der Waals surface area (Å²) in [5, 5.41) is 7.18. The summed E-state index contributed by atoms with van der Waals surface area (Å²) in [6.45, 7) is 3.50. The molecule has 1 aromatic heterocycles. The molecule has 46 valence electrons. The molecule has 3 heteroatoms. The van der Waals surface area contributed by atoms with E-state index >= 15 is 0 Å². The molecule has 0 spiro atoms. The van der Waals surface area contributed by atoms with Crippen LogP contribution in [0.3, 0.4) is 0 Å². The lowest BCUT2D eigenvalue weighted by molar-refractivity contribution is 1.33. The van der Waals surface area contributed by atoms with Crippen LogP contribution in [-0.4, -0.2) is 4.98 Å². The predicted octanol–water partition coefficient (Wildman–Crippen LogP) is 1.87. The highest BCUT2D eigenvalue weighted by molar-refractivity contribution is 6.30. The van der Waals surface area contributed by atoms with E-state index in [4.69, 9.17) is 16.9 Å². The minimum atomic E-state index is 0.683. The van der Waals surface area contributed by atoms with Crippen molar-refractivity contribution in [3.05, 3.63) is 29.5 Å². The van der Waals surface area contributed by atoms with Crippen LogP contribution in [0, 0.1) is 11.8 Å². The summed E-state index contributed by atoms with van der Waals surface area (Å²) in [5.74, 6) is 0. The molecule has 0 saturated carbocycles. The Bertz CT molecular complexity index is 171. The van der Waals surface area contributed by atoms with E-state index in [0.29, 0.717) is 5.02 Å². The van der Waals surface area contributed by atoms with Gasteiger partial charge < -0.3 is 0 Å². The zero-order chi connectivity index (χ0) is 7.11. The average molecular weight is 141 g/mol. The molecule has 0 aromatic carbocycles. The predicted molar refractivity (Wildman–Crippen MR) is 35.9 cm³/mol. The Balaban J connectivity index is 0.000000291. The zero-order valence-electron chi connectivity index (χ0n) is 4.66. The zero-order valence-corrected chi connectivity index (χ0v) is 5.42. The first-order valence-electron chi connectivity index (χ1n) is 2.21. The van der Waals surface area contributed by atoms with Gasteiger partial charge in [0.15, 0.2) is 0 Å². The maximum absolute atomic E-state index is 6.50. The molecule has 1 rings (SSSR count). The van der Waals surface area contributed by atoms with Crippen LogP contribution in [-0.2, 0) is 0 Å². The van der Waals surface area contributed by atoms with E-state index in [9.17, 15) is 0 Å². The number of hydrogen-bond acceptors (Lipinski definition) is 2. The second-order valence-electron chi connectivity index (χ2n) is 1.17. The van der Waals surface area contributed by atoms with Gasteiger partial charge in [0.05, 0.1) is 5.02 Å². The molecule has 0 saturated heterocycles. The van der Waals surface area contributed by atoms with Gasteiger partial charge in [0, 0.05) is 19.0 Å². The topological polar surface area (TPSA) is 36.7 Å². The van der Waals surface area contributed by atoms with Gasteiger partial charge in [0.2, 0.25) is 0 Å². The van der Waals surface area contributed by atoms with E-state index in [2.05, 4.69) is 11.6 Å². The first-order chi connectivity index (χ1) is 4.39. The first-order valence-corrected chi connectivity index (χ1v) is 2.59. The number of nitriles is 1. The summed E-state index contributed by atoms with van der Waals surface area (Å²) < 4.78 is 0. The molecule has 1 aromatic rings. The molecule has 0 N–H and O–H groups in total. The van der Waals surface area contributed by atoms with E-state index < -0.39 is 0 Å². The van der Waals surface area contributed by atoms with Crippen LogP contribution in [0.15, 0.2) is 24.5 Å². The molecule has 0 unspecified atom stereocenters. The van der Waals surface area contributed by atoms with Gasteiger partial charge in [-0.15, -0.1) is 0 Å². The Hall–Kier alpha value is -1.07. The monoisotopic (exact) mass is 140 g/mol. The molecule has 9 heavy (non-hydrogen) atoms. The van der Waals surface area contributed by atoms with Gasteiger partial charge in [-0.3, -0.25) is 4.98 Å². The Morgan fingerprint density at radius 3 is 2.44 bits per heavy atom. The Morgan fingerprint density at radius 1 is 1.56 bits per heavy atom. The van der Waals surface area contributed by atoms with Gasteiger partial charge in [0.25, 0.3) is 0 Å². The van der Waals surface area contributed by atoms with Crippen LogP contribution in [0.5, 0.6) is 0 Å². The second kappa shape index (κ2) is 5.07. The lowest BCUT2D eigenvalue weighted by Crippen LogP contribution is -1.64. The van der Waals surface area contributed by atoms with Crippen molar-refractivity contribution in [1.82, 2.24) is 4.98 Å². The first kappa shape index (κ1) is 7.93. The Morgan fingerprint density at radius 2 is 2.22 bits per heavy atom. The van der Waals surface area contributed by atoms with Crippen molar-refractivity contribution in [3.63, 3.8) is 0 Å². The molecular weight excluding hydrogens is 136 g/mol. The number of aromatic nitrogens is 1. The Labute approximate surface area is 58.7 Å². The molecule has 0 fully saturated rings. The Kier molecular flexibility index (Phi) is 4.47. The van der Waals surface area contributed by atoms with Crippen molar-refractivity contribution in [1.29, 1.82) is 5.26 Å². The number of hydrogen-bond donors (Lipinski definition) is 0. The fourth-order valence-corrected chi connectivity index (χ4v) is 0.471. The maximum atomic E-state index is 6.50. The third-order valence-electron chi connectivity index (χ3n) is 0.625. The standard InChI is InChI=1S/C5H4ClN.CHN/c6-5-2-1-3-7-4-5;1-2/h1-4H;1H. The van der Waals surface area contributed by atoms with Crippen molar-refractivity contribution >= 4 is 11.6 Å². The molecule has 0 atom stereocenters. The van der Waals surface area contributed by atoms with Gasteiger partial charge in [-0.1, -0.05) is 11.6 Å². The summed E-state index contributed by atoms with van der Waals surface area (Å²) in [6.07, 6.45) is 3.29. The molecule has 0 amide bonds. The molecule has 1 heterocycles. The molecule has 0 aliphatic carbocycles. The lowest BCUT2D eigenvalue weighted by atomic mass is 10.5. The van der Waals surface area contributed by atoms with Crippen molar-refractivity contribution in [2.75, 3.05) is 0 Å². The second-order valence-corrected chi connectivity index (χ2v) is 1.61. The number of nitrogens with zero attached hydrogens (tertiary/aromatic N) is 2. The van der Waals surface area contributed by atoms with Crippen molar-refractivity contribution in [2.24, 2.45) is 0 Å². The SMILES string of the molecule is C#N.Clc1cccnc1. The minimum Gasteiger partial charge on any atom is -0.263 e. The van der Waals surface area contributed by atoms with Crippen LogP contribution >= 0.6 is 11.6 Å². The van der Waals surface area contributed by atoms with Gasteiger partial charge in [-0.25, -0.2) is 5.26 Å². The quantitative estimate of drug-likeness (QED) is 0.552. The molecule has 0 aliphatic rings. The van der Waals surface area contributed by atoms with E-state index in [1.807, 2.05) is 0 Å². The van der Waals surface area contributed by atoms with E-state index in [-0.39, 0.29) is 0 Å². The molecular formula is C6H5ClN2. The van der Waals surface area contributed by atoms with Crippen LogP contribution in [0.2, 0.25) is 5.02 Å². The van der Waals surface area contributed by atoms with E-state index in [0.717, 1.165) is 0 Å². The fourth-order valence-electron chi connectivity index (χ4n) is 0.342. The maximum Gasteiger partial charge on any atom is 0.0589 e. The summed E-state index contributed by atoms with van der Waals surface area (Å²) in [5.41, 5.74) is 0. The molecule has 0 bridgehead atoms. The fraction of sp³-hybridized carbons (Fsp3) is 0. The summed E-state index contributed by atoms with van der Waals surface area (Å²) in [4.78, 5) is 3.75. The highest BCUT2D eigenvalue weighted by Gasteiger charge is 1.76. The summed E-state index contributed by atoms with van der Waals surface area (Å²) in [6, 6.07) is 3.58. The van der Waals surface area contributed by atoms with Crippen LogP contribution in [0.25, 0.3) is 0 Å². The van der Waals surface area contributed by atoms with Gasteiger partial charge in [-0.05, 0) is 12.1 Å². The van der Waals surface area contributed by atoms with E-state index in [1.165, 1.54) is 0 Å². The lowest BCUT2D eigenvalue weighted by Gasteiger charge is -1.79. The van der Waals surface area contributed by atoms with Gasteiger partial charge in [-0.2, -0.15) is 0 Å². The van der Waals surface area contributed by atoms with Crippen molar-refractivity contribution in [2.45, 2.75) is 0 Å². The highest BCUT2D eigenvalue weighted by atomic mass is 35.5. The molecule has 0 aliphatic heterocycles. The average Bonchev–Trinajstić information content (AvgIpc) is 1.94. The summed E-state index contributed by atoms with van der Waals surface area (Å²) >= 11 is 5.48. The van der Waals surface area contributed by atoms with E-state index in [1.54, 1.807) is 24.5 Å². The number of rotatable bonds is 0. The molecule has 0 radical (unpaired) electrons. The highest BCUT2D eigenvalue weighted by Crippen LogP contribution is 2.00. The van der Waals surface area contributed by atoms with Crippen LogP contribution in [0.1, 0.15) is 0 Å². The third-order valence-corrected chi connectivity index (χ3v) is 0.849. The minimum absolute atomic E-state index is 0.683. The van der Waals surface area contributed by atoms with Gasteiger partial charge in [0.1, 0.15) is 0 Å². The summed E-state index contributed by atoms with van der Waals surface area (Å²) in [7, 11) is 0. The molecule has 2 nitrogen and oxygen atoms in total. The smallest absolute Gasteiger partial charge is 0.0589 e. The van der Waals surface area contributed by atoms with Crippen LogP contribution in [0.4, 0.5) is 0 Å².